The predicted molar refractivity (Wildman–Crippen MR) is 77.6 cm³/mol. The summed E-state index contributed by atoms with van der Waals surface area (Å²) >= 11 is 0. The second-order valence-corrected chi connectivity index (χ2v) is 5.18. The first-order chi connectivity index (χ1) is 8.92. The van der Waals surface area contributed by atoms with Crippen LogP contribution in [0.1, 0.15) is 36.8 Å². The van der Waals surface area contributed by atoms with Gasteiger partial charge in [-0.1, -0.05) is 26.0 Å². The molecule has 0 aliphatic carbocycles. The van der Waals surface area contributed by atoms with E-state index in [9.17, 15) is 4.79 Å². The molecular weight excluding hydrogens is 240 g/mol. The number of carbonyl (C=O) groups is 1. The fourth-order valence-corrected chi connectivity index (χ4v) is 2.06. The number of carbonyl (C=O) groups excluding carboxylic acids is 1. The first-order valence-corrected chi connectivity index (χ1v) is 6.51. The minimum atomic E-state index is -0.358. The van der Waals surface area contributed by atoms with Gasteiger partial charge in [-0.15, -0.1) is 0 Å². The van der Waals surface area contributed by atoms with Crippen LogP contribution >= 0.6 is 0 Å². The molecule has 19 heavy (non-hydrogen) atoms. The average molecular weight is 264 g/mol. The smallest absolute Gasteiger partial charge is 0.231 e. The summed E-state index contributed by atoms with van der Waals surface area (Å²) in [5, 5.41) is 0. The number of nitrogens with zero attached hydrogens (tertiary/aromatic N) is 1. The van der Waals surface area contributed by atoms with Gasteiger partial charge in [-0.05, 0) is 17.5 Å². The van der Waals surface area contributed by atoms with Crippen molar-refractivity contribution < 1.29 is 9.53 Å². The van der Waals surface area contributed by atoms with E-state index < -0.39 is 0 Å². The Kier molecular flexibility index (Phi) is 5.36. The van der Waals surface area contributed by atoms with E-state index in [2.05, 4.69) is 13.8 Å². The number of benzene rings is 1. The molecule has 0 radical (unpaired) electrons. The predicted octanol–water partition coefficient (Wildman–Crippen LogP) is 1.95. The van der Waals surface area contributed by atoms with E-state index in [0.29, 0.717) is 5.92 Å². The third-order valence-electron chi connectivity index (χ3n) is 3.27. The summed E-state index contributed by atoms with van der Waals surface area (Å²) in [6, 6.07) is 5.97. The van der Waals surface area contributed by atoms with Crippen molar-refractivity contribution in [2.24, 2.45) is 5.73 Å². The van der Waals surface area contributed by atoms with Crippen LogP contribution < -0.4 is 10.5 Å². The SMILES string of the molecule is COc1ccc(C(C)C)cc1C(CN)C(=O)N(C)C. The van der Waals surface area contributed by atoms with Crippen LogP contribution in [0.3, 0.4) is 0 Å². The Balaban J connectivity index is 3.27. The van der Waals surface area contributed by atoms with Gasteiger partial charge in [0.15, 0.2) is 0 Å². The van der Waals surface area contributed by atoms with Crippen molar-refractivity contribution in [2.45, 2.75) is 25.7 Å². The largest absolute Gasteiger partial charge is 0.496 e. The molecule has 106 valence electrons. The quantitative estimate of drug-likeness (QED) is 0.884. The Morgan fingerprint density at radius 2 is 2.00 bits per heavy atom. The van der Waals surface area contributed by atoms with Crippen molar-refractivity contribution in [1.82, 2.24) is 4.90 Å². The van der Waals surface area contributed by atoms with Crippen LogP contribution in [0.2, 0.25) is 0 Å². The number of nitrogens with two attached hydrogens (primary N) is 1. The minimum Gasteiger partial charge on any atom is -0.496 e. The van der Waals surface area contributed by atoms with Crippen molar-refractivity contribution in [2.75, 3.05) is 27.7 Å². The van der Waals surface area contributed by atoms with Crippen molar-refractivity contribution in [3.8, 4) is 5.75 Å². The molecule has 1 amide bonds. The molecule has 0 heterocycles. The van der Waals surface area contributed by atoms with E-state index in [4.69, 9.17) is 10.5 Å². The lowest BCUT2D eigenvalue weighted by molar-refractivity contribution is -0.130. The molecule has 0 fully saturated rings. The molecule has 1 aromatic rings. The van der Waals surface area contributed by atoms with Gasteiger partial charge in [0.25, 0.3) is 0 Å². The molecule has 1 unspecified atom stereocenters. The first-order valence-electron chi connectivity index (χ1n) is 6.51. The molecule has 1 rings (SSSR count). The summed E-state index contributed by atoms with van der Waals surface area (Å²) < 4.78 is 5.37. The van der Waals surface area contributed by atoms with Gasteiger partial charge in [-0.3, -0.25) is 4.79 Å². The Morgan fingerprint density at radius 1 is 1.37 bits per heavy atom. The van der Waals surface area contributed by atoms with Crippen LogP contribution in [0.15, 0.2) is 18.2 Å². The highest BCUT2D eigenvalue weighted by atomic mass is 16.5. The van der Waals surface area contributed by atoms with Crippen molar-refractivity contribution in [1.29, 1.82) is 0 Å². The summed E-state index contributed by atoms with van der Waals surface area (Å²) in [6.07, 6.45) is 0. The Hall–Kier alpha value is -1.55. The van der Waals surface area contributed by atoms with Crippen LogP contribution in [0.25, 0.3) is 0 Å². The third-order valence-corrected chi connectivity index (χ3v) is 3.27. The van der Waals surface area contributed by atoms with Gasteiger partial charge in [-0.2, -0.15) is 0 Å². The number of hydrogen-bond acceptors (Lipinski definition) is 3. The Morgan fingerprint density at radius 3 is 2.42 bits per heavy atom. The lowest BCUT2D eigenvalue weighted by Crippen LogP contribution is -2.32. The van der Waals surface area contributed by atoms with Gasteiger partial charge in [0.2, 0.25) is 5.91 Å². The molecule has 4 nitrogen and oxygen atoms in total. The van der Waals surface area contributed by atoms with E-state index in [1.165, 1.54) is 5.56 Å². The zero-order valence-electron chi connectivity index (χ0n) is 12.4. The van der Waals surface area contributed by atoms with Gasteiger partial charge < -0.3 is 15.4 Å². The lowest BCUT2D eigenvalue weighted by Gasteiger charge is -2.22. The summed E-state index contributed by atoms with van der Waals surface area (Å²) in [6.45, 7) is 4.52. The molecule has 4 heteroatoms. The molecular formula is C15H24N2O2. The molecule has 0 saturated heterocycles. The maximum absolute atomic E-state index is 12.2. The van der Waals surface area contributed by atoms with E-state index in [1.54, 1.807) is 26.1 Å². The maximum atomic E-state index is 12.2. The van der Waals surface area contributed by atoms with E-state index in [0.717, 1.165) is 11.3 Å². The highest BCUT2D eigenvalue weighted by molar-refractivity contribution is 5.84. The molecule has 1 aromatic carbocycles. The van der Waals surface area contributed by atoms with E-state index >= 15 is 0 Å². The number of ether oxygens (including phenoxy) is 1. The first kappa shape index (κ1) is 15.5. The summed E-state index contributed by atoms with van der Waals surface area (Å²) in [4.78, 5) is 13.8. The van der Waals surface area contributed by atoms with Crippen LogP contribution in [-0.2, 0) is 4.79 Å². The molecule has 0 aliphatic heterocycles. The Labute approximate surface area is 115 Å². The average Bonchev–Trinajstić information content (AvgIpc) is 2.39. The van der Waals surface area contributed by atoms with Gasteiger partial charge in [0.1, 0.15) is 5.75 Å². The molecule has 0 aliphatic rings. The standard InChI is InChI=1S/C15H24N2O2/c1-10(2)11-6-7-14(19-5)12(8-11)13(9-16)15(18)17(3)4/h6-8,10,13H,9,16H2,1-5H3. The topological polar surface area (TPSA) is 55.6 Å². The highest BCUT2D eigenvalue weighted by Crippen LogP contribution is 2.30. The van der Waals surface area contributed by atoms with E-state index in [-0.39, 0.29) is 18.4 Å². The van der Waals surface area contributed by atoms with Crippen molar-refractivity contribution in [3.05, 3.63) is 29.3 Å². The van der Waals surface area contributed by atoms with E-state index in [1.807, 2.05) is 18.2 Å². The van der Waals surface area contributed by atoms with Crippen LogP contribution in [0, 0.1) is 0 Å². The number of amides is 1. The Bertz CT molecular complexity index is 442. The van der Waals surface area contributed by atoms with Crippen LogP contribution in [0.5, 0.6) is 5.75 Å². The molecule has 1 atom stereocenters. The molecule has 0 bridgehead atoms. The summed E-state index contributed by atoms with van der Waals surface area (Å²) in [5.41, 5.74) is 7.84. The maximum Gasteiger partial charge on any atom is 0.231 e. The zero-order valence-corrected chi connectivity index (χ0v) is 12.4. The second kappa shape index (κ2) is 6.57. The van der Waals surface area contributed by atoms with Crippen LogP contribution in [-0.4, -0.2) is 38.6 Å². The molecule has 0 aromatic heterocycles. The lowest BCUT2D eigenvalue weighted by atomic mass is 9.92. The van der Waals surface area contributed by atoms with Gasteiger partial charge >= 0.3 is 0 Å². The second-order valence-electron chi connectivity index (χ2n) is 5.18. The summed E-state index contributed by atoms with van der Waals surface area (Å²) in [5.74, 6) is 0.762. The van der Waals surface area contributed by atoms with Gasteiger partial charge in [-0.25, -0.2) is 0 Å². The number of methoxy groups -OCH3 is 1. The number of rotatable bonds is 5. The van der Waals surface area contributed by atoms with Crippen molar-refractivity contribution in [3.63, 3.8) is 0 Å². The normalized spacial score (nSPS) is 12.4. The third kappa shape index (κ3) is 3.47. The fraction of sp³-hybridized carbons (Fsp3) is 0.533. The molecule has 0 spiro atoms. The summed E-state index contributed by atoms with van der Waals surface area (Å²) in [7, 11) is 5.09. The fourth-order valence-electron chi connectivity index (χ4n) is 2.06. The van der Waals surface area contributed by atoms with Crippen LogP contribution in [0.4, 0.5) is 0 Å². The number of likely N-dealkylation sites (N-methyl/N-ethyl adjacent to an activating group) is 1. The molecule has 0 saturated carbocycles. The monoisotopic (exact) mass is 264 g/mol. The zero-order chi connectivity index (χ0) is 14.6. The highest BCUT2D eigenvalue weighted by Gasteiger charge is 2.24. The van der Waals surface area contributed by atoms with Gasteiger partial charge in [0, 0.05) is 26.2 Å². The van der Waals surface area contributed by atoms with Gasteiger partial charge in [0.05, 0.1) is 13.0 Å². The molecule has 2 N–H and O–H groups in total. The number of hydrogen-bond donors (Lipinski definition) is 1. The minimum absolute atomic E-state index is 0.00158. The van der Waals surface area contributed by atoms with Crippen molar-refractivity contribution >= 4 is 5.91 Å².